The van der Waals surface area contributed by atoms with Crippen molar-refractivity contribution in [2.24, 2.45) is 5.73 Å². The SMILES string of the molecule is NC(c1cc(F)ccc1Cl)c1c(F)cccc1Cl. The van der Waals surface area contributed by atoms with Gasteiger partial charge in [0.1, 0.15) is 11.6 Å². The van der Waals surface area contributed by atoms with Crippen molar-refractivity contribution in [2.45, 2.75) is 6.04 Å². The molecule has 0 heterocycles. The molecule has 18 heavy (non-hydrogen) atoms. The molecule has 5 heteroatoms. The second-order valence-electron chi connectivity index (χ2n) is 3.78. The van der Waals surface area contributed by atoms with Crippen LogP contribution in [0.1, 0.15) is 17.2 Å². The van der Waals surface area contributed by atoms with E-state index >= 15 is 0 Å². The summed E-state index contributed by atoms with van der Waals surface area (Å²) in [6.45, 7) is 0. The van der Waals surface area contributed by atoms with Crippen LogP contribution in [0.15, 0.2) is 36.4 Å². The van der Waals surface area contributed by atoms with Crippen LogP contribution in [0.2, 0.25) is 10.0 Å². The van der Waals surface area contributed by atoms with Gasteiger partial charge in [-0.1, -0.05) is 29.3 Å². The molecule has 2 aromatic rings. The first-order valence-electron chi connectivity index (χ1n) is 5.15. The Morgan fingerprint density at radius 3 is 2.39 bits per heavy atom. The number of rotatable bonds is 2. The summed E-state index contributed by atoms with van der Waals surface area (Å²) in [7, 11) is 0. The van der Waals surface area contributed by atoms with E-state index in [-0.39, 0.29) is 15.6 Å². The first-order chi connectivity index (χ1) is 8.50. The van der Waals surface area contributed by atoms with Gasteiger partial charge in [0, 0.05) is 15.6 Å². The highest BCUT2D eigenvalue weighted by Gasteiger charge is 2.19. The fourth-order valence-corrected chi connectivity index (χ4v) is 2.23. The van der Waals surface area contributed by atoms with Crippen molar-refractivity contribution in [3.05, 3.63) is 69.2 Å². The second-order valence-corrected chi connectivity index (χ2v) is 4.59. The molecule has 0 aliphatic carbocycles. The van der Waals surface area contributed by atoms with Crippen molar-refractivity contribution >= 4 is 23.2 Å². The normalized spacial score (nSPS) is 12.5. The smallest absolute Gasteiger partial charge is 0.129 e. The summed E-state index contributed by atoms with van der Waals surface area (Å²) in [4.78, 5) is 0. The van der Waals surface area contributed by atoms with Crippen LogP contribution in [0.3, 0.4) is 0 Å². The fourth-order valence-electron chi connectivity index (χ4n) is 1.72. The standard InChI is InChI=1S/C13H9Cl2F2N/c14-9-5-4-7(16)6-8(9)13(18)12-10(15)2-1-3-11(12)17/h1-6,13H,18H2. The molecule has 0 saturated heterocycles. The molecule has 2 rings (SSSR count). The van der Waals surface area contributed by atoms with Crippen molar-refractivity contribution in [3.8, 4) is 0 Å². The van der Waals surface area contributed by atoms with Gasteiger partial charge in [-0.25, -0.2) is 8.78 Å². The Bertz CT molecular complexity index is 567. The Morgan fingerprint density at radius 1 is 1.00 bits per heavy atom. The van der Waals surface area contributed by atoms with Gasteiger partial charge < -0.3 is 5.73 Å². The van der Waals surface area contributed by atoms with Gasteiger partial charge in [-0.3, -0.25) is 0 Å². The van der Waals surface area contributed by atoms with Gasteiger partial charge in [0.15, 0.2) is 0 Å². The van der Waals surface area contributed by atoms with Crippen LogP contribution in [0.25, 0.3) is 0 Å². The molecule has 0 aromatic heterocycles. The lowest BCUT2D eigenvalue weighted by atomic mass is 9.99. The van der Waals surface area contributed by atoms with Crippen LogP contribution in [-0.4, -0.2) is 0 Å². The van der Waals surface area contributed by atoms with Crippen molar-refractivity contribution < 1.29 is 8.78 Å². The summed E-state index contributed by atoms with van der Waals surface area (Å²) in [6.07, 6.45) is 0. The fraction of sp³-hybridized carbons (Fsp3) is 0.0769. The van der Waals surface area contributed by atoms with Gasteiger partial charge in [0.25, 0.3) is 0 Å². The number of nitrogens with two attached hydrogens (primary N) is 1. The van der Waals surface area contributed by atoms with Gasteiger partial charge in [-0.2, -0.15) is 0 Å². The third kappa shape index (κ3) is 2.48. The Hall–Kier alpha value is -1.16. The minimum atomic E-state index is -0.915. The second kappa shape index (κ2) is 5.22. The molecule has 0 amide bonds. The van der Waals surface area contributed by atoms with E-state index in [0.717, 1.165) is 0 Å². The first-order valence-corrected chi connectivity index (χ1v) is 5.90. The molecule has 0 fully saturated rings. The molecular weight excluding hydrogens is 279 g/mol. The molecule has 0 bridgehead atoms. The number of halogens is 4. The Morgan fingerprint density at radius 2 is 1.72 bits per heavy atom. The summed E-state index contributed by atoms with van der Waals surface area (Å²) in [5.41, 5.74) is 6.31. The molecule has 0 radical (unpaired) electrons. The Balaban J connectivity index is 2.54. The number of hydrogen-bond acceptors (Lipinski definition) is 1. The summed E-state index contributed by atoms with van der Waals surface area (Å²) in [5.74, 6) is -1.03. The highest BCUT2D eigenvalue weighted by Crippen LogP contribution is 2.32. The van der Waals surface area contributed by atoms with Crippen LogP contribution in [-0.2, 0) is 0 Å². The highest BCUT2D eigenvalue weighted by atomic mass is 35.5. The summed E-state index contributed by atoms with van der Waals surface area (Å²) >= 11 is 11.8. The average Bonchev–Trinajstić information content (AvgIpc) is 2.32. The predicted molar refractivity (Wildman–Crippen MR) is 68.9 cm³/mol. The van der Waals surface area contributed by atoms with Crippen molar-refractivity contribution in [2.75, 3.05) is 0 Å². The van der Waals surface area contributed by atoms with Crippen molar-refractivity contribution in [1.82, 2.24) is 0 Å². The molecule has 1 atom stereocenters. The maximum absolute atomic E-state index is 13.7. The lowest BCUT2D eigenvalue weighted by Crippen LogP contribution is -2.15. The van der Waals surface area contributed by atoms with Crippen LogP contribution in [0.4, 0.5) is 8.78 Å². The van der Waals surface area contributed by atoms with E-state index in [9.17, 15) is 8.78 Å². The Kier molecular flexibility index (Phi) is 3.85. The number of hydrogen-bond donors (Lipinski definition) is 1. The third-order valence-corrected chi connectivity index (χ3v) is 3.28. The van der Waals surface area contributed by atoms with Gasteiger partial charge in [-0.05, 0) is 35.9 Å². The molecule has 0 saturated carbocycles. The summed E-state index contributed by atoms with van der Waals surface area (Å²) < 4.78 is 26.9. The molecule has 1 nitrogen and oxygen atoms in total. The van der Waals surface area contributed by atoms with Gasteiger partial charge >= 0.3 is 0 Å². The van der Waals surface area contributed by atoms with E-state index in [4.69, 9.17) is 28.9 Å². The number of benzene rings is 2. The maximum atomic E-state index is 13.7. The zero-order valence-corrected chi connectivity index (χ0v) is 10.6. The molecule has 94 valence electrons. The predicted octanol–water partition coefficient (Wildman–Crippen LogP) is 4.32. The average molecular weight is 288 g/mol. The third-order valence-electron chi connectivity index (χ3n) is 2.60. The van der Waals surface area contributed by atoms with Gasteiger partial charge in [0.2, 0.25) is 0 Å². The summed E-state index contributed by atoms with van der Waals surface area (Å²) in [6, 6.07) is 7.09. The molecule has 2 N–H and O–H groups in total. The molecule has 1 unspecified atom stereocenters. The van der Waals surface area contributed by atoms with E-state index in [1.54, 1.807) is 0 Å². The van der Waals surface area contributed by atoms with Crippen LogP contribution in [0.5, 0.6) is 0 Å². The molecule has 0 aliphatic rings. The highest BCUT2D eigenvalue weighted by molar-refractivity contribution is 6.32. The topological polar surface area (TPSA) is 26.0 Å². The quantitative estimate of drug-likeness (QED) is 0.875. The Labute approximate surface area is 113 Å². The first kappa shape index (κ1) is 13.3. The van der Waals surface area contributed by atoms with E-state index in [1.165, 1.54) is 36.4 Å². The molecule has 2 aromatic carbocycles. The zero-order valence-electron chi connectivity index (χ0n) is 9.13. The van der Waals surface area contributed by atoms with Crippen LogP contribution >= 0.6 is 23.2 Å². The maximum Gasteiger partial charge on any atom is 0.129 e. The summed E-state index contributed by atoms with van der Waals surface area (Å²) in [5, 5.41) is 0.450. The lowest BCUT2D eigenvalue weighted by molar-refractivity contribution is 0.596. The molecule has 0 aliphatic heterocycles. The van der Waals surface area contributed by atoms with E-state index in [1.807, 2.05) is 0 Å². The minimum absolute atomic E-state index is 0.103. The zero-order chi connectivity index (χ0) is 13.3. The van der Waals surface area contributed by atoms with E-state index in [2.05, 4.69) is 0 Å². The van der Waals surface area contributed by atoms with Crippen molar-refractivity contribution in [1.29, 1.82) is 0 Å². The molecular formula is C13H9Cl2F2N. The van der Waals surface area contributed by atoms with Gasteiger partial charge in [-0.15, -0.1) is 0 Å². The van der Waals surface area contributed by atoms with Gasteiger partial charge in [0.05, 0.1) is 6.04 Å². The van der Waals surface area contributed by atoms with Crippen LogP contribution < -0.4 is 5.73 Å². The lowest BCUT2D eigenvalue weighted by Gasteiger charge is -2.16. The van der Waals surface area contributed by atoms with Crippen molar-refractivity contribution in [3.63, 3.8) is 0 Å². The molecule has 0 spiro atoms. The largest absolute Gasteiger partial charge is 0.320 e. The monoisotopic (exact) mass is 287 g/mol. The van der Waals surface area contributed by atoms with Crippen LogP contribution in [0, 0.1) is 11.6 Å². The minimum Gasteiger partial charge on any atom is -0.320 e. The van der Waals surface area contributed by atoms with E-state index in [0.29, 0.717) is 5.56 Å². The van der Waals surface area contributed by atoms with E-state index < -0.39 is 17.7 Å².